The number of aliphatic hydroxyl groups is 1. The zero-order valence-corrected chi connectivity index (χ0v) is 22.4. The van der Waals surface area contributed by atoms with E-state index in [0.717, 1.165) is 11.3 Å². The lowest BCUT2D eigenvalue weighted by atomic mass is 9.94. The number of benzene rings is 2. The van der Waals surface area contributed by atoms with E-state index in [1.807, 2.05) is 64.0 Å². The molecule has 1 unspecified atom stereocenters. The third-order valence-electron chi connectivity index (χ3n) is 5.92. The van der Waals surface area contributed by atoms with Crippen molar-refractivity contribution >= 4 is 17.4 Å². The van der Waals surface area contributed by atoms with Crippen LogP contribution < -0.4 is 9.47 Å². The number of carbonyl (C=O) groups is 2. The van der Waals surface area contributed by atoms with Gasteiger partial charge in [0, 0.05) is 24.2 Å². The Bertz CT molecular complexity index is 1140. The summed E-state index contributed by atoms with van der Waals surface area (Å²) in [6.07, 6.45) is -0.101. The Labute approximate surface area is 214 Å². The topological polar surface area (TPSA) is 79.3 Å². The van der Waals surface area contributed by atoms with Gasteiger partial charge >= 0.3 is 0 Å². The number of amides is 1. The second-order valence-corrected chi connectivity index (χ2v) is 10.2. The van der Waals surface area contributed by atoms with Crippen molar-refractivity contribution < 1.29 is 24.2 Å². The zero-order chi connectivity index (χ0) is 26.6. The Hall–Kier alpha value is -3.32. The third kappa shape index (κ3) is 6.08. The van der Waals surface area contributed by atoms with Crippen LogP contribution in [0.5, 0.6) is 11.5 Å². The van der Waals surface area contributed by atoms with E-state index < -0.39 is 17.7 Å². The second-order valence-electron chi connectivity index (χ2n) is 10.2. The van der Waals surface area contributed by atoms with Gasteiger partial charge in [-0.05, 0) is 70.6 Å². The molecule has 3 rings (SSSR count). The first-order valence-corrected chi connectivity index (χ1v) is 12.4. The van der Waals surface area contributed by atoms with E-state index in [0.29, 0.717) is 42.5 Å². The normalized spacial score (nSPS) is 17.5. The number of para-hydroxylation sites is 1. The highest BCUT2D eigenvalue weighted by Crippen LogP contribution is 2.43. The SMILES string of the molecule is Cc1cc(/C(O)=C2/C(=O)C(=O)N(CCN(C)C)C2c2ccccc2OC(C)C)ccc1OCC(C)C. The van der Waals surface area contributed by atoms with Gasteiger partial charge in [0.2, 0.25) is 0 Å². The van der Waals surface area contributed by atoms with E-state index in [1.54, 1.807) is 18.2 Å². The van der Waals surface area contributed by atoms with Gasteiger partial charge in [-0.25, -0.2) is 0 Å². The summed E-state index contributed by atoms with van der Waals surface area (Å²) >= 11 is 0. The summed E-state index contributed by atoms with van der Waals surface area (Å²) in [4.78, 5) is 30.0. The number of carbonyl (C=O) groups excluding carboxylic acids is 2. The highest BCUT2D eigenvalue weighted by molar-refractivity contribution is 6.46. The molecule has 1 heterocycles. The molecule has 2 aromatic rings. The number of likely N-dealkylation sites (tertiary alicyclic amines) is 1. The maximum atomic E-state index is 13.3. The van der Waals surface area contributed by atoms with E-state index in [4.69, 9.17) is 9.47 Å². The van der Waals surface area contributed by atoms with Gasteiger partial charge in [-0.1, -0.05) is 32.0 Å². The standard InChI is InChI=1S/C29H38N2O5/c1-18(2)17-35-23-13-12-21(16-20(23)5)27(32)25-26(22-10-8-9-11-24(22)36-19(3)4)31(15-14-30(6)7)29(34)28(25)33/h8-13,16,18-19,26,32H,14-15,17H2,1-7H3/b27-25-. The molecule has 1 amide bonds. The Morgan fingerprint density at radius 1 is 1.06 bits per heavy atom. The van der Waals surface area contributed by atoms with Gasteiger partial charge in [-0.2, -0.15) is 0 Å². The van der Waals surface area contributed by atoms with Crippen molar-refractivity contribution in [2.75, 3.05) is 33.8 Å². The van der Waals surface area contributed by atoms with Crippen molar-refractivity contribution in [3.8, 4) is 11.5 Å². The lowest BCUT2D eigenvalue weighted by Gasteiger charge is -2.28. The van der Waals surface area contributed by atoms with Crippen molar-refractivity contribution in [2.24, 2.45) is 5.92 Å². The Balaban J connectivity index is 2.13. The number of ketones is 1. The van der Waals surface area contributed by atoms with Crippen molar-refractivity contribution in [1.29, 1.82) is 0 Å². The van der Waals surface area contributed by atoms with Crippen LogP contribution in [0.3, 0.4) is 0 Å². The van der Waals surface area contributed by atoms with Gasteiger partial charge < -0.3 is 24.4 Å². The quantitative estimate of drug-likeness (QED) is 0.290. The molecule has 0 bridgehead atoms. The molecule has 1 N–H and O–H groups in total. The third-order valence-corrected chi connectivity index (χ3v) is 5.92. The van der Waals surface area contributed by atoms with Gasteiger partial charge in [0.15, 0.2) is 0 Å². The van der Waals surface area contributed by atoms with Crippen LogP contribution in [-0.4, -0.2) is 66.5 Å². The van der Waals surface area contributed by atoms with Crippen molar-refractivity contribution in [1.82, 2.24) is 9.80 Å². The summed E-state index contributed by atoms with van der Waals surface area (Å²) in [5, 5.41) is 11.4. The first kappa shape index (κ1) is 27.3. The number of likely N-dealkylation sites (N-methyl/N-ethyl adjacent to an activating group) is 1. The fourth-order valence-corrected chi connectivity index (χ4v) is 4.18. The number of Topliss-reactive ketones (excluding diaryl/α,β-unsaturated/α-hetero) is 1. The first-order valence-electron chi connectivity index (χ1n) is 12.4. The number of aliphatic hydroxyl groups excluding tert-OH is 1. The van der Waals surface area contributed by atoms with Crippen LogP contribution in [0, 0.1) is 12.8 Å². The molecule has 194 valence electrons. The Morgan fingerprint density at radius 3 is 2.36 bits per heavy atom. The Kier molecular flexibility index (Phi) is 8.79. The summed E-state index contributed by atoms with van der Waals surface area (Å²) in [5.74, 6) is 0.143. The molecule has 2 aromatic carbocycles. The van der Waals surface area contributed by atoms with Gasteiger partial charge in [0.05, 0.1) is 24.3 Å². The lowest BCUT2D eigenvalue weighted by Crippen LogP contribution is -2.35. The number of aryl methyl sites for hydroxylation is 1. The maximum Gasteiger partial charge on any atom is 0.295 e. The van der Waals surface area contributed by atoms with Gasteiger partial charge in [0.25, 0.3) is 11.7 Å². The summed E-state index contributed by atoms with van der Waals surface area (Å²) < 4.78 is 11.9. The number of hydrogen-bond acceptors (Lipinski definition) is 6. The van der Waals surface area contributed by atoms with Crippen LogP contribution in [0.2, 0.25) is 0 Å². The number of hydrogen-bond donors (Lipinski definition) is 1. The van der Waals surface area contributed by atoms with E-state index >= 15 is 0 Å². The fraction of sp³-hybridized carbons (Fsp3) is 0.448. The lowest BCUT2D eigenvalue weighted by molar-refractivity contribution is -0.140. The molecule has 0 radical (unpaired) electrons. The first-order chi connectivity index (χ1) is 17.0. The average Bonchev–Trinajstić information content (AvgIpc) is 3.06. The predicted molar refractivity (Wildman–Crippen MR) is 141 cm³/mol. The van der Waals surface area contributed by atoms with Crippen LogP contribution >= 0.6 is 0 Å². The minimum atomic E-state index is -0.767. The van der Waals surface area contributed by atoms with Crippen molar-refractivity contribution in [3.05, 3.63) is 64.7 Å². The Morgan fingerprint density at radius 2 is 1.75 bits per heavy atom. The summed E-state index contributed by atoms with van der Waals surface area (Å²) in [6, 6.07) is 11.9. The smallest absolute Gasteiger partial charge is 0.295 e. The van der Waals surface area contributed by atoms with Gasteiger partial charge in [-0.3, -0.25) is 9.59 Å². The van der Waals surface area contributed by atoms with Crippen molar-refractivity contribution in [3.63, 3.8) is 0 Å². The molecule has 36 heavy (non-hydrogen) atoms. The molecular weight excluding hydrogens is 456 g/mol. The number of rotatable bonds is 10. The van der Waals surface area contributed by atoms with E-state index in [9.17, 15) is 14.7 Å². The average molecular weight is 495 g/mol. The second kappa shape index (κ2) is 11.6. The largest absolute Gasteiger partial charge is 0.507 e. The fourth-order valence-electron chi connectivity index (χ4n) is 4.18. The van der Waals surface area contributed by atoms with Gasteiger partial charge in [-0.15, -0.1) is 0 Å². The highest BCUT2D eigenvalue weighted by Gasteiger charge is 2.47. The number of ether oxygens (including phenoxy) is 2. The molecule has 0 aromatic heterocycles. The predicted octanol–water partition coefficient (Wildman–Crippen LogP) is 4.80. The summed E-state index contributed by atoms with van der Waals surface area (Å²) in [6.45, 7) is 11.4. The van der Waals surface area contributed by atoms with E-state index in [1.165, 1.54) is 4.90 Å². The van der Waals surface area contributed by atoms with Crippen LogP contribution in [-0.2, 0) is 9.59 Å². The van der Waals surface area contributed by atoms with Crippen LogP contribution in [0.15, 0.2) is 48.0 Å². The monoisotopic (exact) mass is 494 g/mol. The molecule has 1 saturated heterocycles. The minimum absolute atomic E-state index is 0.0637. The summed E-state index contributed by atoms with van der Waals surface area (Å²) in [5.41, 5.74) is 2.03. The molecule has 1 aliphatic heterocycles. The molecular formula is C29H38N2O5. The molecule has 7 heteroatoms. The highest BCUT2D eigenvalue weighted by atomic mass is 16.5. The molecule has 0 aliphatic carbocycles. The van der Waals surface area contributed by atoms with Gasteiger partial charge in [0.1, 0.15) is 17.3 Å². The molecule has 1 atom stereocenters. The molecule has 0 saturated carbocycles. The summed E-state index contributed by atoms with van der Waals surface area (Å²) in [7, 11) is 3.82. The van der Waals surface area contributed by atoms with Crippen LogP contribution in [0.4, 0.5) is 0 Å². The van der Waals surface area contributed by atoms with Crippen LogP contribution in [0.1, 0.15) is 50.4 Å². The molecule has 1 fully saturated rings. The van der Waals surface area contributed by atoms with Crippen molar-refractivity contribution in [2.45, 2.75) is 46.8 Å². The maximum absolute atomic E-state index is 13.3. The molecule has 0 spiro atoms. The van der Waals surface area contributed by atoms with E-state index in [2.05, 4.69) is 13.8 Å². The number of nitrogens with zero attached hydrogens (tertiary/aromatic N) is 2. The molecule has 1 aliphatic rings. The molecule has 7 nitrogen and oxygen atoms in total. The van der Waals surface area contributed by atoms with E-state index in [-0.39, 0.29) is 17.4 Å². The minimum Gasteiger partial charge on any atom is -0.507 e. The zero-order valence-electron chi connectivity index (χ0n) is 22.4. The van der Waals surface area contributed by atoms with Crippen LogP contribution in [0.25, 0.3) is 5.76 Å².